The summed E-state index contributed by atoms with van der Waals surface area (Å²) in [7, 11) is 1.64. The van der Waals surface area contributed by atoms with Crippen molar-refractivity contribution >= 4 is 16.9 Å². The molecule has 1 atom stereocenters. The maximum absolute atomic E-state index is 13.6. The highest BCUT2D eigenvalue weighted by molar-refractivity contribution is 5.99. The molecule has 0 spiro atoms. The molecule has 156 valence electrons. The van der Waals surface area contributed by atoms with Crippen molar-refractivity contribution in [2.45, 2.75) is 39.7 Å². The van der Waals surface area contributed by atoms with Gasteiger partial charge >= 0.3 is 0 Å². The third-order valence-corrected chi connectivity index (χ3v) is 5.85. The summed E-state index contributed by atoms with van der Waals surface area (Å²) in [5.74, 6) is -0.0638. The first-order chi connectivity index (χ1) is 14.5. The van der Waals surface area contributed by atoms with Gasteiger partial charge in [0.15, 0.2) is 5.43 Å². The summed E-state index contributed by atoms with van der Waals surface area (Å²) in [6, 6.07) is 11.5. The lowest BCUT2D eigenvalue weighted by Gasteiger charge is -2.25. The van der Waals surface area contributed by atoms with Crippen molar-refractivity contribution in [1.82, 2.24) is 4.90 Å². The minimum absolute atomic E-state index is 0.120. The summed E-state index contributed by atoms with van der Waals surface area (Å²) in [6.07, 6.45) is 1.62. The molecule has 2 aromatic carbocycles. The van der Waals surface area contributed by atoms with Gasteiger partial charge < -0.3 is 14.1 Å². The molecule has 0 fully saturated rings. The molecular formula is C25H27NO4. The summed E-state index contributed by atoms with van der Waals surface area (Å²) >= 11 is 0. The van der Waals surface area contributed by atoms with Gasteiger partial charge in [-0.3, -0.25) is 9.59 Å². The van der Waals surface area contributed by atoms with E-state index in [0.717, 1.165) is 23.1 Å². The Balaban J connectivity index is 1.93. The van der Waals surface area contributed by atoms with Crippen molar-refractivity contribution in [3.8, 4) is 0 Å². The second-order valence-electron chi connectivity index (χ2n) is 7.98. The Morgan fingerprint density at radius 1 is 1.10 bits per heavy atom. The number of methoxy groups -OCH3 is 1. The molecule has 1 unspecified atom stereocenters. The van der Waals surface area contributed by atoms with Crippen LogP contribution in [0.2, 0.25) is 0 Å². The van der Waals surface area contributed by atoms with Crippen molar-refractivity contribution in [3.05, 3.63) is 80.2 Å². The van der Waals surface area contributed by atoms with Gasteiger partial charge in [-0.1, -0.05) is 37.3 Å². The van der Waals surface area contributed by atoms with E-state index in [9.17, 15) is 9.59 Å². The zero-order valence-corrected chi connectivity index (χ0v) is 18.0. The molecule has 0 bridgehead atoms. The molecule has 5 nitrogen and oxygen atoms in total. The predicted molar refractivity (Wildman–Crippen MR) is 117 cm³/mol. The second kappa shape index (κ2) is 8.07. The first kappa shape index (κ1) is 20.4. The van der Waals surface area contributed by atoms with Crippen LogP contribution in [0.15, 0.2) is 45.6 Å². The zero-order valence-electron chi connectivity index (χ0n) is 18.0. The number of hydrogen-bond acceptors (Lipinski definition) is 4. The molecule has 1 aliphatic rings. The molecule has 1 amide bonds. The molecule has 2 heterocycles. The molecule has 1 aromatic heterocycles. The number of amides is 1. The Hall–Kier alpha value is -2.92. The van der Waals surface area contributed by atoms with Crippen LogP contribution in [0.25, 0.3) is 11.0 Å². The number of ether oxygens (including phenoxy) is 1. The SMILES string of the molecule is CCc1ccc(C2c3c(oc4c(C)cc(C)cc4c3=O)C(=O)N2CCCOC)cc1. The van der Waals surface area contributed by atoms with Crippen LogP contribution < -0.4 is 5.43 Å². The van der Waals surface area contributed by atoms with Crippen molar-refractivity contribution in [2.75, 3.05) is 20.3 Å². The lowest BCUT2D eigenvalue weighted by molar-refractivity contribution is 0.0708. The summed E-state index contributed by atoms with van der Waals surface area (Å²) in [6.45, 7) is 7.00. The highest BCUT2D eigenvalue weighted by Gasteiger charge is 2.42. The fourth-order valence-corrected chi connectivity index (χ4v) is 4.37. The Kier molecular flexibility index (Phi) is 5.48. The second-order valence-corrected chi connectivity index (χ2v) is 7.98. The number of hydrogen-bond donors (Lipinski definition) is 0. The van der Waals surface area contributed by atoms with E-state index >= 15 is 0 Å². The van der Waals surface area contributed by atoms with Gasteiger partial charge in [-0.05, 0) is 55.0 Å². The van der Waals surface area contributed by atoms with E-state index in [-0.39, 0.29) is 17.1 Å². The number of rotatable bonds is 6. The van der Waals surface area contributed by atoms with E-state index in [1.54, 1.807) is 12.0 Å². The highest BCUT2D eigenvalue weighted by Crippen LogP contribution is 2.38. The standard InChI is InChI=1S/C25H27NO4/c1-5-17-7-9-18(10-8-17)21-20-22(27)19-14-15(2)13-16(3)23(19)30-24(20)25(28)26(21)11-6-12-29-4/h7-10,13-14,21H,5-6,11-12H2,1-4H3. The minimum Gasteiger partial charge on any atom is -0.450 e. The third-order valence-electron chi connectivity index (χ3n) is 5.85. The van der Waals surface area contributed by atoms with E-state index < -0.39 is 6.04 Å². The topological polar surface area (TPSA) is 59.8 Å². The molecule has 0 saturated carbocycles. The monoisotopic (exact) mass is 405 g/mol. The van der Waals surface area contributed by atoms with Gasteiger partial charge in [-0.25, -0.2) is 0 Å². The highest BCUT2D eigenvalue weighted by atomic mass is 16.5. The van der Waals surface area contributed by atoms with Crippen molar-refractivity contribution < 1.29 is 13.9 Å². The van der Waals surface area contributed by atoms with Crippen LogP contribution in [-0.2, 0) is 11.2 Å². The van der Waals surface area contributed by atoms with Crippen molar-refractivity contribution in [2.24, 2.45) is 0 Å². The van der Waals surface area contributed by atoms with E-state index in [1.165, 1.54) is 5.56 Å². The average molecular weight is 405 g/mol. The maximum Gasteiger partial charge on any atom is 0.290 e. The van der Waals surface area contributed by atoms with Crippen LogP contribution in [0, 0.1) is 13.8 Å². The molecule has 4 rings (SSSR count). The van der Waals surface area contributed by atoms with Crippen molar-refractivity contribution in [3.63, 3.8) is 0 Å². The van der Waals surface area contributed by atoms with Crippen LogP contribution >= 0.6 is 0 Å². The normalized spacial score (nSPS) is 15.8. The van der Waals surface area contributed by atoms with E-state index in [2.05, 4.69) is 19.1 Å². The molecule has 0 saturated heterocycles. The fraction of sp³-hybridized carbons (Fsp3) is 0.360. The van der Waals surface area contributed by atoms with Crippen LogP contribution in [0.5, 0.6) is 0 Å². The van der Waals surface area contributed by atoms with Crippen LogP contribution in [-0.4, -0.2) is 31.1 Å². The molecule has 0 radical (unpaired) electrons. The molecule has 3 aromatic rings. The summed E-state index contributed by atoms with van der Waals surface area (Å²) < 4.78 is 11.3. The number of aryl methyl sites for hydroxylation is 3. The van der Waals surface area contributed by atoms with Gasteiger partial charge in [0.25, 0.3) is 5.91 Å². The van der Waals surface area contributed by atoms with Gasteiger partial charge in [-0.15, -0.1) is 0 Å². The summed E-state index contributed by atoms with van der Waals surface area (Å²) in [5, 5.41) is 0.535. The lowest BCUT2D eigenvalue weighted by atomic mass is 9.96. The lowest BCUT2D eigenvalue weighted by Crippen LogP contribution is -2.31. The third kappa shape index (κ3) is 3.33. The Bertz CT molecular complexity index is 1160. The first-order valence-electron chi connectivity index (χ1n) is 10.4. The Morgan fingerprint density at radius 3 is 2.50 bits per heavy atom. The molecule has 0 aliphatic carbocycles. The van der Waals surface area contributed by atoms with Gasteiger partial charge in [0.1, 0.15) is 5.58 Å². The first-order valence-corrected chi connectivity index (χ1v) is 10.4. The average Bonchev–Trinajstić information content (AvgIpc) is 3.01. The zero-order chi connectivity index (χ0) is 21.4. The number of fused-ring (bicyclic) bond motifs is 2. The molecule has 1 aliphatic heterocycles. The smallest absolute Gasteiger partial charge is 0.290 e. The van der Waals surface area contributed by atoms with E-state index in [1.807, 2.05) is 38.1 Å². The fourth-order valence-electron chi connectivity index (χ4n) is 4.37. The number of carbonyl (C=O) groups excluding carboxylic acids is 1. The summed E-state index contributed by atoms with van der Waals surface area (Å²) in [4.78, 5) is 28.7. The Morgan fingerprint density at radius 2 is 1.83 bits per heavy atom. The van der Waals surface area contributed by atoms with Crippen LogP contribution in [0.1, 0.15) is 57.8 Å². The largest absolute Gasteiger partial charge is 0.450 e. The Labute approximate surface area is 176 Å². The van der Waals surface area contributed by atoms with Crippen LogP contribution in [0.3, 0.4) is 0 Å². The van der Waals surface area contributed by atoms with Gasteiger partial charge in [-0.2, -0.15) is 0 Å². The van der Waals surface area contributed by atoms with Gasteiger partial charge in [0.2, 0.25) is 5.76 Å². The minimum atomic E-state index is -0.447. The number of nitrogens with zero attached hydrogens (tertiary/aromatic N) is 1. The molecule has 30 heavy (non-hydrogen) atoms. The molecular weight excluding hydrogens is 378 g/mol. The van der Waals surface area contributed by atoms with Crippen LogP contribution in [0.4, 0.5) is 0 Å². The quantitative estimate of drug-likeness (QED) is 0.565. The van der Waals surface area contributed by atoms with E-state index in [0.29, 0.717) is 36.1 Å². The van der Waals surface area contributed by atoms with Gasteiger partial charge in [0.05, 0.1) is 17.0 Å². The van der Waals surface area contributed by atoms with Gasteiger partial charge in [0, 0.05) is 20.3 Å². The van der Waals surface area contributed by atoms with Crippen molar-refractivity contribution in [1.29, 1.82) is 0 Å². The number of benzene rings is 2. The summed E-state index contributed by atoms with van der Waals surface area (Å²) in [5.41, 5.74) is 4.82. The molecule has 0 N–H and O–H groups in total. The predicted octanol–water partition coefficient (Wildman–Crippen LogP) is 4.55. The number of carbonyl (C=O) groups is 1. The van der Waals surface area contributed by atoms with E-state index in [4.69, 9.17) is 9.15 Å². The maximum atomic E-state index is 13.6. The molecule has 5 heteroatoms.